The first kappa shape index (κ1) is 15.3. The van der Waals surface area contributed by atoms with Gasteiger partial charge in [0.05, 0.1) is 6.54 Å². The number of likely N-dealkylation sites (N-methyl/N-ethyl adjacent to an activating group) is 1. The maximum absolute atomic E-state index is 6.19. The van der Waals surface area contributed by atoms with Crippen molar-refractivity contribution in [2.24, 2.45) is 5.73 Å². The maximum Gasteiger partial charge on any atom is 0.118 e. The van der Waals surface area contributed by atoms with Gasteiger partial charge in [-0.25, -0.2) is 0 Å². The first-order chi connectivity index (χ1) is 9.47. The molecule has 2 rings (SSSR count). The number of hydrogen-bond acceptors (Lipinski definition) is 3. The summed E-state index contributed by atoms with van der Waals surface area (Å²) in [4.78, 5) is 2.23. The second-order valence-electron chi connectivity index (χ2n) is 5.29. The second kappa shape index (κ2) is 6.57. The van der Waals surface area contributed by atoms with Gasteiger partial charge < -0.3 is 10.2 Å². The van der Waals surface area contributed by atoms with Crippen molar-refractivity contribution in [3.05, 3.63) is 58.0 Å². The molecular formula is C16H21BrN2O. The Balaban J connectivity index is 2.20. The SMILES string of the molecule is Cc1ccc(CN(C)C(c2cccc(Br)c2)C(C)N)o1. The van der Waals surface area contributed by atoms with Crippen LogP contribution in [0.1, 0.15) is 30.0 Å². The number of nitrogens with two attached hydrogens (primary N) is 1. The van der Waals surface area contributed by atoms with E-state index in [1.54, 1.807) is 0 Å². The van der Waals surface area contributed by atoms with Crippen molar-refractivity contribution in [1.82, 2.24) is 4.90 Å². The summed E-state index contributed by atoms with van der Waals surface area (Å²) < 4.78 is 6.72. The van der Waals surface area contributed by atoms with E-state index in [0.717, 1.165) is 22.5 Å². The number of furan rings is 1. The maximum atomic E-state index is 6.19. The quantitative estimate of drug-likeness (QED) is 0.901. The van der Waals surface area contributed by atoms with E-state index in [4.69, 9.17) is 10.2 Å². The minimum absolute atomic E-state index is 0.0327. The first-order valence-corrected chi connectivity index (χ1v) is 7.53. The lowest BCUT2D eigenvalue weighted by molar-refractivity contribution is 0.195. The highest BCUT2D eigenvalue weighted by Crippen LogP contribution is 2.26. The molecular weight excluding hydrogens is 316 g/mol. The number of aryl methyl sites for hydroxylation is 1. The third kappa shape index (κ3) is 3.72. The van der Waals surface area contributed by atoms with Gasteiger partial charge in [-0.1, -0.05) is 28.1 Å². The number of rotatable bonds is 5. The van der Waals surface area contributed by atoms with Crippen molar-refractivity contribution in [2.45, 2.75) is 32.5 Å². The normalized spacial score (nSPS) is 14.5. The molecule has 3 nitrogen and oxygen atoms in total. The van der Waals surface area contributed by atoms with E-state index in [0.29, 0.717) is 0 Å². The average Bonchev–Trinajstić information content (AvgIpc) is 2.74. The number of halogens is 1. The average molecular weight is 337 g/mol. The summed E-state index contributed by atoms with van der Waals surface area (Å²) in [5.74, 6) is 1.90. The first-order valence-electron chi connectivity index (χ1n) is 6.74. The Morgan fingerprint density at radius 1 is 1.30 bits per heavy atom. The summed E-state index contributed by atoms with van der Waals surface area (Å²) in [5.41, 5.74) is 7.40. The Labute approximate surface area is 128 Å². The van der Waals surface area contributed by atoms with E-state index in [1.807, 2.05) is 38.1 Å². The molecule has 0 aliphatic heterocycles. The van der Waals surface area contributed by atoms with Crippen molar-refractivity contribution in [3.63, 3.8) is 0 Å². The summed E-state index contributed by atoms with van der Waals surface area (Å²) in [5, 5.41) is 0. The van der Waals surface area contributed by atoms with Crippen LogP contribution in [-0.4, -0.2) is 18.0 Å². The highest BCUT2D eigenvalue weighted by molar-refractivity contribution is 9.10. The smallest absolute Gasteiger partial charge is 0.118 e. The Bertz CT molecular complexity index is 565. The van der Waals surface area contributed by atoms with E-state index in [2.05, 4.69) is 40.0 Å². The van der Waals surface area contributed by atoms with Crippen LogP contribution < -0.4 is 5.73 Å². The minimum atomic E-state index is 0.0327. The summed E-state index contributed by atoms with van der Waals surface area (Å²) >= 11 is 3.52. The summed E-state index contributed by atoms with van der Waals surface area (Å²) in [7, 11) is 2.08. The molecule has 4 heteroatoms. The number of hydrogen-bond donors (Lipinski definition) is 1. The molecule has 20 heavy (non-hydrogen) atoms. The zero-order chi connectivity index (χ0) is 14.7. The van der Waals surface area contributed by atoms with Gasteiger partial charge in [-0.15, -0.1) is 0 Å². The highest BCUT2D eigenvalue weighted by atomic mass is 79.9. The molecule has 0 fully saturated rings. The Kier molecular flexibility index (Phi) is 5.02. The standard InChI is InChI=1S/C16H21BrN2O/c1-11-7-8-15(20-11)10-19(3)16(12(2)18)13-5-4-6-14(17)9-13/h4-9,12,16H,10,18H2,1-3H3. The van der Waals surface area contributed by atoms with Crippen LogP contribution in [0.25, 0.3) is 0 Å². The van der Waals surface area contributed by atoms with Crippen molar-refractivity contribution in [3.8, 4) is 0 Å². The van der Waals surface area contributed by atoms with Gasteiger partial charge in [0.2, 0.25) is 0 Å². The Morgan fingerprint density at radius 2 is 2.05 bits per heavy atom. The van der Waals surface area contributed by atoms with Crippen LogP contribution in [0.3, 0.4) is 0 Å². The predicted molar refractivity (Wildman–Crippen MR) is 85.4 cm³/mol. The largest absolute Gasteiger partial charge is 0.465 e. The van der Waals surface area contributed by atoms with Gasteiger partial charge >= 0.3 is 0 Å². The molecule has 0 aliphatic rings. The van der Waals surface area contributed by atoms with Crippen LogP contribution in [0.5, 0.6) is 0 Å². The van der Waals surface area contributed by atoms with E-state index >= 15 is 0 Å². The molecule has 0 saturated heterocycles. The molecule has 1 aromatic carbocycles. The fourth-order valence-corrected chi connectivity index (χ4v) is 2.98. The lowest BCUT2D eigenvalue weighted by atomic mass is 9.99. The topological polar surface area (TPSA) is 42.4 Å². The predicted octanol–water partition coefficient (Wildman–Crippen LogP) is 3.87. The Morgan fingerprint density at radius 3 is 2.60 bits per heavy atom. The van der Waals surface area contributed by atoms with E-state index in [1.165, 1.54) is 5.56 Å². The van der Waals surface area contributed by atoms with E-state index in [-0.39, 0.29) is 12.1 Å². The van der Waals surface area contributed by atoms with Crippen molar-refractivity contribution >= 4 is 15.9 Å². The minimum Gasteiger partial charge on any atom is -0.465 e. The zero-order valence-electron chi connectivity index (χ0n) is 12.1. The third-order valence-electron chi connectivity index (χ3n) is 3.36. The molecule has 0 saturated carbocycles. The monoisotopic (exact) mass is 336 g/mol. The lowest BCUT2D eigenvalue weighted by Gasteiger charge is -2.31. The molecule has 0 spiro atoms. The van der Waals surface area contributed by atoms with Gasteiger partial charge in [-0.3, -0.25) is 4.90 Å². The van der Waals surface area contributed by atoms with Crippen molar-refractivity contribution in [1.29, 1.82) is 0 Å². The molecule has 0 bridgehead atoms. The van der Waals surface area contributed by atoms with Crippen LogP contribution in [0.4, 0.5) is 0 Å². The molecule has 1 heterocycles. The molecule has 1 aromatic heterocycles. The van der Waals surface area contributed by atoms with Crippen molar-refractivity contribution < 1.29 is 4.42 Å². The highest BCUT2D eigenvalue weighted by Gasteiger charge is 2.22. The van der Waals surface area contributed by atoms with Gasteiger partial charge in [-0.05, 0) is 50.7 Å². The second-order valence-corrected chi connectivity index (χ2v) is 6.20. The molecule has 2 atom stereocenters. The van der Waals surface area contributed by atoms with Gasteiger partial charge in [0, 0.05) is 16.6 Å². The van der Waals surface area contributed by atoms with Crippen molar-refractivity contribution in [2.75, 3.05) is 7.05 Å². The molecule has 108 valence electrons. The fourth-order valence-electron chi connectivity index (χ4n) is 2.56. The number of nitrogens with zero attached hydrogens (tertiary/aromatic N) is 1. The van der Waals surface area contributed by atoms with Gasteiger partial charge in [0.15, 0.2) is 0 Å². The zero-order valence-corrected chi connectivity index (χ0v) is 13.7. The molecule has 2 N–H and O–H groups in total. The van der Waals surface area contributed by atoms with Gasteiger partial charge in [0.25, 0.3) is 0 Å². The summed E-state index contributed by atoms with van der Waals surface area (Å²) in [6.07, 6.45) is 0. The number of benzene rings is 1. The van der Waals surface area contributed by atoms with Gasteiger partial charge in [-0.2, -0.15) is 0 Å². The van der Waals surface area contributed by atoms with Crippen LogP contribution in [-0.2, 0) is 6.54 Å². The molecule has 0 amide bonds. The Hall–Kier alpha value is -1.10. The van der Waals surface area contributed by atoms with Crippen LogP contribution in [0.15, 0.2) is 45.3 Å². The van der Waals surface area contributed by atoms with Gasteiger partial charge in [0.1, 0.15) is 11.5 Å². The molecule has 0 aliphatic carbocycles. The molecule has 0 radical (unpaired) electrons. The summed E-state index contributed by atoms with van der Waals surface area (Å²) in [6.45, 7) is 4.74. The van der Waals surface area contributed by atoms with Crippen LogP contribution in [0.2, 0.25) is 0 Å². The van der Waals surface area contributed by atoms with Crippen LogP contribution in [0, 0.1) is 6.92 Å². The third-order valence-corrected chi connectivity index (χ3v) is 3.86. The van der Waals surface area contributed by atoms with Crippen LogP contribution >= 0.6 is 15.9 Å². The summed E-state index contributed by atoms with van der Waals surface area (Å²) in [6, 6.07) is 12.5. The lowest BCUT2D eigenvalue weighted by Crippen LogP contribution is -2.36. The fraction of sp³-hybridized carbons (Fsp3) is 0.375. The van der Waals surface area contributed by atoms with E-state index < -0.39 is 0 Å². The molecule has 2 unspecified atom stereocenters. The van der Waals surface area contributed by atoms with E-state index in [9.17, 15) is 0 Å². The molecule has 2 aromatic rings.